The summed E-state index contributed by atoms with van der Waals surface area (Å²) in [6.45, 7) is 0.638. The molecule has 0 saturated heterocycles. The summed E-state index contributed by atoms with van der Waals surface area (Å²) in [5, 5.41) is 9.77. The number of ether oxygens (including phenoxy) is 2. The van der Waals surface area contributed by atoms with E-state index in [0.29, 0.717) is 24.6 Å². The van der Waals surface area contributed by atoms with Crippen LogP contribution in [0.1, 0.15) is 24.6 Å². The Hall–Kier alpha value is -1.20. The maximum atomic E-state index is 9.77. The molecule has 5 nitrogen and oxygen atoms in total. The highest BCUT2D eigenvalue weighted by Crippen LogP contribution is 2.18. The summed E-state index contributed by atoms with van der Waals surface area (Å²) in [6, 6.07) is 1.64. The fourth-order valence-electron chi connectivity index (χ4n) is 1.22. The average Bonchev–Trinajstić information content (AvgIpc) is 2.29. The number of rotatable bonds is 6. The van der Waals surface area contributed by atoms with E-state index in [4.69, 9.17) is 9.47 Å². The molecule has 0 amide bonds. The molecule has 1 unspecified atom stereocenters. The Morgan fingerprint density at radius 3 is 2.87 bits per heavy atom. The monoisotopic (exact) mass is 212 g/mol. The minimum Gasteiger partial charge on any atom is -0.481 e. The van der Waals surface area contributed by atoms with E-state index in [0.717, 1.165) is 6.42 Å². The fourth-order valence-corrected chi connectivity index (χ4v) is 1.22. The van der Waals surface area contributed by atoms with Gasteiger partial charge in [-0.25, -0.2) is 9.97 Å². The van der Waals surface area contributed by atoms with Crippen LogP contribution >= 0.6 is 0 Å². The Balaban J connectivity index is 2.52. The lowest BCUT2D eigenvalue weighted by atomic mass is 10.1. The third kappa shape index (κ3) is 3.81. The first-order valence-electron chi connectivity index (χ1n) is 4.81. The number of aliphatic hydroxyl groups excluding tert-OH is 1. The molecule has 0 aromatic carbocycles. The molecule has 1 N–H and O–H groups in total. The van der Waals surface area contributed by atoms with Crippen LogP contribution in [-0.2, 0) is 4.74 Å². The second-order valence-electron chi connectivity index (χ2n) is 3.14. The van der Waals surface area contributed by atoms with Crippen LogP contribution in [-0.4, -0.2) is 35.9 Å². The van der Waals surface area contributed by atoms with Gasteiger partial charge in [0.1, 0.15) is 6.33 Å². The van der Waals surface area contributed by atoms with Gasteiger partial charge in [-0.15, -0.1) is 0 Å². The first-order valence-corrected chi connectivity index (χ1v) is 4.81. The molecule has 0 spiro atoms. The molecule has 1 aromatic rings. The van der Waals surface area contributed by atoms with Crippen LogP contribution in [0.25, 0.3) is 0 Å². The van der Waals surface area contributed by atoms with Crippen molar-refractivity contribution in [2.75, 3.05) is 20.8 Å². The van der Waals surface area contributed by atoms with Gasteiger partial charge >= 0.3 is 0 Å². The summed E-state index contributed by atoms with van der Waals surface area (Å²) in [6.07, 6.45) is 2.21. The molecule has 84 valence electrons. The lowest BCUT2D eigenvalue weighted by molar-refractivity contribution is 0.133. The number of nitrogens with zero attached hydrogens (tertiary/aromatic N) is 2. The highest BCUT2D eigenvalue weighted by molar-refractivity contribution is 5.15. The first kappa shape index (κ1) is 11.9. The minimum absolute atomic E-state index is 0.464. The summed E-state index contributed by atoms with van der Waals surface area (Å²) in [5.74, 6) is 0.464. The van der Waals surface area contributed by atoms with E-state index in [-0.39, 0.29) is 0 Å². The van der Waals surface area contributed by atoms with Crippen molar-refractivity contribution in [2.45, 2.75) is 18.9 Å². The number of hydrogen-bond acceptors (Lipinski definition) is 5. The van der Waals surface area contributed by atoms with Gasteiger partial charge in [-0.3, -0.25) is 0 Å². The van der Waals surface area contributed by atoms with Crippen molar-refractivity contribution in [1.82, 2.24) is 9.97 Å². The normalized spacial score (nSPS) is 12.5. The smallest absolute Gasteiger partial charge is 0.216 e. The van der Waals surface area contributed by atoms with Crippen LogP contribution in [0.2, 0.25) is 0 Å². The number of aliphatic hydroxyl groups is 1. The summed E-state index contributed by atoms with van der Waals surface area (Å²) >= 11 is 0. The van der Waals surface area contributed by atoms with Crippen molar-refractivity contribution < 1.29 is 14.6 Å². The molecule has 0 fully saturated rings. The Labute approximate surface area is 89.1 Å². The van der Waals surface area contributed by atoms with Crippen LogP contribution in [0.15, 0.2) is 12.4 Å². The standard InChI is InChI=1S/C10H16N2O3/c1-14-5-3-4-9(13)8-6-10(15-2)12-7-11-8/h6-7,9,13H,3-5H2,1-2H3. The Morgan fingerprint density at radius 2 is 2.20 bits per heavy atom. The van der Waals surface area contributed by atoms with Gasteiger partial charge in [0.25, 0.3) is 0 Å². The first-order chi connectivity index (χ1) is 7.27. The topological polar surface area (TPSA) is 64.5 Å². The molecule has 0 saturated carbocycles. The quantitative estimate of drug-likeness (QED) is 0.711. The molecule has 1 atom stereocenters. The van der Waals surface area contributed by atoms with Gasteiger partial charge in [-0.05, 0) is 12.8 Å². The highest BCUT2D eigenvalue weighted by atomic mass is 16.5. The van der Waals surface area contributed by atoms with Gasteiger partial charge in [-0.1, -0.05) is 0 Å². The minimum atomic E-state index is -0.586. The Bertz CT molecular complexity index is 294. The maximum Gasteiger partial charge on any atom is 0.216 e. The second kappa shape index (κ2) is 6.31. The summed E-state index contributed by atoms with van der Waals surface area (Å²) in [4.78, 5) is 7.85. The van der Waals surface area contributed by atoms with Crippen LogP contribution < -0.4 is 4.74 Å². The molecular weight excluding hydrogens is 196 g/mol. The zero-order chi connectivity index (χ0) is 11.1. The van der Waals surface area contributed by atoms with Crippen molar-refractivity contribution in [1.29, 1.82) is 0 Å². The van der Waals surface area contributed by atoms with E-state index >= 15 is 0 Å². The molecule has 0 aliphatic heterocycles. The van der Waals surface area contributed by atoms with E-state index in [9.17, 15) is 5.11 Å². The van der Waals surface area contributed by atoms with Crippen molar-refractivity contribution in [3.05, 3.63) is 18.1 Å². The Kier molecular flexibility index (Phi) is 5.00. The molecule has 1 rings (SSSR count). The zero-order valence-corrected chi connectivity index (χ0v) is 9.01. The van der Waals surface area contributed by atoms with Crippen molar-refractivity contribution in [2.24, 2.45) is 0 Å². The number of hydrogen-bond donors (Lipinski definition) is 1. The van der Waals surface area contributed by atoms with Gasteiger partial charge in [0.2, 0.25) is 5.88 Å². The average molecular weight is 212 g/mol. The predicted molar refractivity (Wildman–Crippen MR) is 54.7 cm³/mol. The maximum absolute atomic E-state index is 9.77. The lowest BCUT2D eigenvalue weighted by Gasteiger charge is -2.09. The van der Waals surface area contributed by atoms with Crippen LogP contribution in [0.4, 0.5) is 0 Å². The van der Waals surface area contributed by atoms with Crippen LogP contribution in [0, 0.1) is 0 Å². The largest absolute Gasteiger partial charge is 0.481 e. The van der Waals surface area contributed by atoms with Crippen molar-refractivity contribution >= 4 is 0 Å². The molecular formula is C10H16N2O3. The molecule has 1 heterocycles. The molecule has 15 heavy (non-hydrogen) atoms. The highest BCUT2D eigenvalue weighted by Gasteiger charge is 2.09. The molecule has 0 bridgehead atoms. The fraction of sp³-hybridized carbons (Fsp3) is 0.600. The molecule has 5 heteroatoms. The van der Waals surface area contributed by atoms with E-state index in [1.807, 2.05) is 0 Å². The van der Waals surface area contributed by atoms with Crippen molar-refractivity contribution in [3.63, 3.8) is 0 Å². The van der Waals surface area contributed by atoms with Gasteiger partial charge < -0.3 is 14.6 Å². The molecule has 0 radical (unpaired) electrons. The predicted octanol–water partition coefficient (Wildman–Crippen LogP) is 0.945. The zero-order valence-electron chi connectivity index (χ0n) is 9.01. The molecule has 0 aliphatic rings. The van der Waals surface area contributed by atoms with Crippen molar-refractivity contribution in [3.8, 4) is 5.88 Å². The molecule has 0 aliphatic carbocycles. The van der Waals surface area contributed by atoms with Crippen LogP contribution in [0.5, 0.6) is 5.88 Å². The number of methoxy groups -OCH3 is 2. The van der Waals surface area contributed by atoms with E-state index in [1.54, 1.807) is 13.2 Å². The number of aromatic nitrogens is 2. The third-order valence-corrected chi connectivity index (χ3v) is 2.04. The van der Waals surface area contributed by atoms with E-state index in [1.165, 1.54) is 13.4 Å². The van der Waals surface area contributed by atoms with Gasteiger partial charge in [0.05, 0.1) is 18.9 Å². The van der Waals surface area contributed by atoms with Crippen LogP contribution in [0.3, 0.4) is 0 Å². The van der Waals surface area contributed by atoms with E-state index < -0.39 is 6.10 Å². The Morgan fingerprint density at radius 1 is 1.40 bits per heavy atom. The molecule has 1 aromatic heterocycles. The second-order valence-corrected chi connectivity index (χ2v) is 3.14. The van der Waals surface area contributed by atoms with E-state index in [2.05, 4.69) is 9.97 Å². The summed E-state index contributed by atoms with van der Waals surface area (Å²) < 4.78 is 9.85. The SMILES string of the molecule is COCCCC(O)c1cc(OC)ncn1. The van der Waals surface area contributed by atoms with Gasteiger partial charge in [0.15, 0.2) is 0 Å². The lowest BCUT2D eigenvalue weighted by Crippen LogP contribution is -2.03. The van der Waals surface area contributed by atoms with Gasteiger partial charge in [-0.2, -0.15) is 0 Å². The third-order valence-electron chi connectivity index (χ3n) is 2.04. The summed E-state index contributed by atoms with van der Waals surface area (Å²) in [5.41, 5.74) is 0.581. The summed E-state index contributed by atoms with van der Waals surface area (Å²) in [7, 11) is 3.17. The van der Waals surface area contributed by atoms with Gasteiger partial charge in [0, 0.05) is 19.8 Å².